The monoisotopic (exact) mass is 287 g/mol. The highest BCUT2D eigenvalue weighted by Crippen LogP contribution is 2.31. The molecule has 0 spiro atoms. The van der Waals surface area contributed by atoms with Crippen LogP contribution in [0.3, 0.4) is 0 Å². The molecule has 0 aliphatic rings. The molecule has 104 valence electrons. The number of benzene rings is 2. The molecule has 0 radical (unpaired) electrons. The molecule has 2 nitrogen and oxygen atoms in total. The van der Waals surface area contributed by atoms with Crippen LogP contribution in [-0.2, 0) is 4.79 Å². The lowest BCUT2D eigenvalue weighted by atomic mass is 9.91. The zero-order valence-corrected chi connectivity index (χ0v) is 12.7. The summed E-state index contributed by atoms with van der Waals surface area (Å²) in [6.45, 7) is 5.65. The van der Waals surface area contributed by atoms with Crippen LogP contribution in [0.2, 0.25) is 5.02 Å². The summed E-state index contributed by atoms with van der Waals surface area (Å²) in [7, 11) is 0. The highest BCUT2D eigenvalue weighted by atomic mass is 35.5. The predicted molar refractivity (Wildman–Crippen MR) is 84.5 cm³/mol. The van der Waals surface area contributed by atoms with Crippen molar-refractivity contribution in [3.63, 3.8) is 0 Å². The number of carbonyl (C=O) groups excluding carboxylic acids is 1. The first-order valence-electron chi connectivity index (χ1n) is 6.61. The van der Waals surface area contributed by atoms with Crippen molar-refractivity contribution in [3.8, 4) is 0 Å². The highest BCUT2D eigenvalue weighted by molar-refractivity contribution is 6.30. The van der Waals surface area contributed by atoms with Crippen LogP contribution in [0, 0.1) is 6.92 Å². The Balaban J connectivity index is 2.43. The van der Waals surface area contributed by atoms with Crippen molar-refractivity contribution in [2.45, 2.75) is 26.7 Å². The molecular formula is C17H18ClNO. The molecule has 0 bridgehead atoms. The van der Waals surface area contributed by atoms with Gasteiger partial charge in [-0.2, -0.15) is 0 Å². The van der Waals surface area contributed by atoms with Crippen LogP contribution in [0.25, 0.3) is 0 Å². The Labute approximate surface area is 124 Å². The fraction of sp³-hybridized carbons (Fsp3) is 0.235. The van der Waals surface area contributed by atoms with E-state index in [0.717, 1.165) is 27.4 Å². The summed E-state index contributed by atoms with van der Waals surface area (Å²) >= 11 is 6.06. The van der Waals surface area contributed by atoms with E-state index in [4.69, 9.17) is 11.6 Å². The Hall–Kier alpha value is -1.80. The minimum atomic E-state index is -0.0601. The third-order valence-corrected chi connectivity index (χ3v) is 3.57. The van der Waals surface area contributed by atoms with Crippen molar-refractivity contribution < 1.29 is 4.79 Å². The molecule has 2 aromatic carbocycles. The Morgan fingerprint density at radius 2 is 1.95 bits per heavy atom. The number of halogens is 1. The van der Waals surface area contributed by atoms with E-state index >= 15 is 0 Å². The summed E-state index contributed by atoms with van der Waals surface area (Å²) in [6.07, 6.45) is 0. The molecule has 2 rings (SSSR count). The number of amides is 1. The van der Waals surface area contributed by atoms with E-state index in [0.29, 0.717) is 0 Å². The second kappa shape index (κ2) is 6.10. The molecule has 0 saturated carbocycles. The summed E-state index contributed by atoms with van der Waals surface area (Å²) in [4.78, 5) is 11.4. The number of aryl methyl sites for hydroxylation is 1. The number of carbonyl (C=O) groups is 1. The molecule has 0 aromatic heterocycles. The number of anilines is 1. The average molecular weight is 288 g/mol. The maximum absolute atomic E-state index is 11.4. The van der Waals surface area contributed by atoms with Gasteiger partial charge in [-0.3, -0.25) is 4.79 Å². The molecule has 1 atom stereocenters. The van der Waals surface area contributed by atoms with Crippen LogP contribution < -0.4 is 5.32 Å². The third-order valence-electron chi connectivity index (χ3n) is 3.33. The van der Waals surface area contributed by atoms with Crippen molar-refractivity contribution in [1.29, 1.82) is 0 Å². The molecule has 3 heteroatoms. The SMILES string of the molecule is CC(=O)Nc1cc(C)ccc1C(C)c1cccc(Cl)c1. The van der Waals surface area contributed by atoms with Crippen molar-refractivity contribution >= 4 is 23.2 Å². The van der Waals surface area contributed by atoms with E-state index in [9.17, 15) is 4.79 Å². The topological polar surface area (TPSA) is 29.1 Å². The van der Waals surface area contributed by atoms with Crippen LogP contribution in [0.4, 0.5) is 5.69 Å². The molecule has 0 saturated heterocycles. The van der Waals surface area contributed by atoms with E-state index in [1.165, 1.54) is 6.92 Å². The average Bonchev–Trinajstić information content (AvgIpc) is 2.37. The fourth-order valence-corrected chi connectivity index (χ4v) is 2.50. The quantitative estimate of drug-likeness (QED) is 0.866. The molecular weight excluding hydrogens is 270 g/mol. The van der Waals surface area contributed by atoms with Gasteiger partial charge in [0.1, 0.15) is 0 Å². The Kier molecular flexibility index (Phi) is 4.46. The Morgan fingerprint density at radius 3 is 2.60 bits per heavy atom. The van der Waals surface area contributed by atoms with Crippen molar-refractivity contribution in [2.24, 2.45) is 0 Å². The summed E-state index contributed by atoms with van der Waals surface area (Å²) < 4.78 is 0. The van der Waals surface area contributed by atoms with Crippen molar-refractivity contribution in [3.05, 3.63) is 64.2 Å². The molecule has 0 aliphatic heterocycles. The van der Waals surface area contributed by atoms with E-state index in [-0.39, 0.29) is 11.8 Å². The molecule has 1 unspecified atom stereocenters. The zero-order valence-electron chi connectivity index (χ0n) is 11.9. The number of hydrogen-bond acceptors (Lipinski definition) is 1. The smallest absolute Gasteiger partial charge is 0.221 e. The van der Waals surface area contributed by atoms with E-state index in [1.54, 1.807) is 0 Å². The minimum Gasteiger partial charge on any atom is -0.326 e. The summed E-state index contributed by atoms with van der Waals surface area (Å²) in [6, 6.07) is 13.9. The first kappa shape index (κ1) is 14.6. The van der Waals surface area contributed by atoms with E-state index in [2.05, 4.69) is 24.4 Å². The molecule has 0 aliphatic carbocycles. The van der Waals surface area contributed by atoms with Crippen molar-refractivity contribution in [2.75, 3.05) is 5.32 Å². The van der Waals surface area contributed by atoms with Gasteiger partial charge in [0.05, 0.1) is 0 Å². The second-order valence-corrected chi connectivity index (χ2v) is 5.49. The first-order chi connectivity index (χ1) is 9.47. The number of rotatable bonds is 3. The lowest BCUT2D eigenvalue weighted by Crippen LogP contribution is -2.10. The van der Waals surface area contributed by atoms with Crippen molar-refractivity contribution in [1.82, 2.24) is 0 Å². The minimum absolute atomic E-state index is 0.0601. The molecule has 2 aromatic rings. The normalized spacial score (nSPS) is 12.0. The van der Waals surface area contributed by atoms with Gasteiger partial charge in [0.2, 0.25) is 5.91 Å². The fourth-order valence-electron chi connectivity index (χ4n) is 2.30. The van der Waals surface area contributed by atoms with Gasteiger partial charge in [-0.05, 0) is 41.8 Å². The van der Waals surface area contributed by atoms with Gasteiger partial charge in [0.25, 0.3) is 0 Å². The summed E-state index contributed by atoms with van der Waals surface area (Å²) in [5.41, 5.74) is 4.21. The maximum atomic E-state index is 11.4. The first-order valence-corrected chi connectivity index (χ1v) is 6.99. The zero-order chi connectivity index (χ0) is 14.7. The van der Waals surface area contributed by atoms with Gasteiger partial charge in [-0.15, -0.1) is 0 Å². The van der Waals surface area contributed by atoms with Gasteiger partial charge < -0.3 is 5.32 Å². The predicted octanol–water partition coefficient (Wildman–Crippen LogP) is 4.76. The lowest BCUT2D eigenvalue weighted by molar-refractivity contribution is -0.114. The third kappa shape index (κ3) is 3.40. The number of hydrogen-bond donors (Lipinski definition) is 1. The second-order valence-electron chi connectivity index (χ2n) is 5.05. The van der Waals surface area contributed by atoms with E-state index < -0.39 is 0 Å². The molecule has 0 heterocycles. The molecule has 20 heavy (non-hydrogen) atoms. The lowest BCUT2D eigenvalue weighted by Gasteiger charge is -2.18. The highest BCUT2D eigenvalue weighted by Gasteiger charge is 2.14. The molecule has 0 fully saturated rings. The molecule has 1 N–H and O–H groups in total. The molecule has 1 amide bonds. The Morgan fingerprint density at radius 1 is 1.20 bits per heavy atom. The van der Waals surface area contributed by atoms with Gasteiger partial charge in [0.15, 0.2) is 0 Å². The van der Waals surface area contributed by atoms with Crippen LogP contribution >= 0.6 is 11.6 Å². The van der Waals surface area contributed by atoms with Gasteiger partial charge >= 0.3 is 0 Å². The van der Waals surface area contributed by atoms with Crippen LogP contribution in [0.5, 0.6) is 0 Å². The van der Waals surface area contributed by atoms with E-state index in [1.807, 2.05) is 37.3 Å². The van der Waals surface area contributed by atoms with Crippen LogP contribution in [0.1, 0.15) is 36.5 Å². The Bertz CT molecular complexity index is 637. The maximum Gasteiger partial charge on any atom is 0.221 e. The van der Waals surface area contributed by atoms with Gasteiger partial charge in [-0.1, -0.05) is 42.8 Å². The standard InChI is InChI=1S/C17H18ClNO/c1-11-7-8-16(17(9-11)19-13(3)20)12(2)14-5-4-6-15(18)10-14/h4-10,12H,1-3H3,(H,19,20). The largest absolute Gasteiger partial charge is 0.326 e. The summed E-state index contributed by atoms with van der Waals surface area (Å²) in [5, 5.41) is 3.63. The van der Waals surface area contributed by atoms with Gasteiger partial charge in [-0.25, -0.2) is 0 Å². The van der Waals surface area contributed by atoms with Crippen LogP contribution in [0.15, 0.2) is 42.5 Å². The van der Waals surface area contributed by atoms with Crippen LogP contribution in [-0.4, -0.2) is 5.91 Å². The summed E-state index contributed by atoms with van der Waals surface area (Å²) in [5.74, 6) is 0.103. The number of nitrogens with one attached hydrogen (secondary N) is 1. The van der Waals surface area contributed by atoms with Gasteiger partial charge in [0, 0.05) is 23.6 Å².